The molecule has 0 amide bonds. The molecule has 5 heteroatoms. The average Bonchev–Trinajstić information content (AvgIpc) is 2.36. The van der Waals surface area contributed by atoms with Gasteiger partial charge in [-0.25, -0.2) is 4.39 Å². The number of anilines is 1. The fourth-order valence-electron chi connectivity index (χ4n) is 1.64. The quantitative estimate of drug-likeness (QED) is 0.868. The van der Waals surface area contributed by atoms with Gasteiger partial charge in [0.05, 0.1) is 6.54 Å². The Hall–Kier alpha value is -2.61. The Morgan fingerprint density at radius 3 is 2.61 bits per heavy atom. The Bertz CT molecular complexity index is 668. The first-order valence-electron chi connectivity index (χ1n) is 5.24. The summed E-state index contributed by atoms with van der Waals surface area (Å²) in [6.45, 7) is 0.249. The number of aromatic nitrogens is 1. The Kier molecular flexibility index (Phi) is 3.11. The molecule has 1 aromatic carbocycles. The number of benzene rings is 1. The Labute approximate surface area is 103 Å². The monoisotopic (exact) mass is 243 g/mol. The van der Waals surface area contributed by atoms with Crippen molar-refractivity contribution < 1.29 is 4.39 Å². The van der Waals surface area contributed by atoms with Crippen molar-refractivity contribution in [2.75, 3.05) is 5.73 Å². The van der Waals surface area contributed by atoms with Crippen LogP contribution < -0.4 is 11.3 Å². The van der Waals surface area contributed by atoms with Crippen LogP contribution in [0.15, 0.2) is 41.3 Å². The van der Waals surface area contributed by atoms with E-state index >= 15 is 0 Å². The van der Waals surface area contributed by atoms with Crippen LogP contribution in [-0.2, 0) is 6.54 Å². The van der Waals surface area contributed by atoms with Gasteiger partial charge in [-0.3, -0.25) is 4.79 Å². The van der Waals surface area contributed by atoms with E-state index in [1.54, 1.807) is 18.2 Å². The fourth-order valence-corrected chi connectivity index (χ4v) is 1.64. The molecule has 0 aliphatic rings. The molecule has 0 saturated carbocycles. The van der Waals surface area contributed by atoms with E-state index in [1.165, 1.54) is 29.0 Å². The zero-order valence-corrected chi connectivity index (χ0v) is 9.43. The molecule has 0 spiro atoms. The minimum Gasteiger partial charge on any atom is -0.398 e. The first-order chi connectivity index (χ1) is 8.60. The van der Waals surface area contributed by atoms with Crippen molar-refractivity contribution in [1.82, 2.24) is 4.57 Å². The van der Waals surface area contributed by atoms with Crippen molar-refractivity contribution in [3.05, 3.63) is 63.8 Å². The maximum Gasteiger partial charge on any atom is 0.268 e. The molecule has 2 rings (SSSR count). The van der Waals surface area contributed by atoms with E-state index in [1.807, 2.05) is 0 Å². The Morgan fingerprint density at radius 1 is 1.33 bits per heavy atom. The Morgan fingerprint density at radius 2 is 2.00 bits per heavy atom. The van der Waals surface area contributed by atoms with Gasteiger partial charge in [0.2, 0.25) is 0 Å². The topological polar surface area (TPSA) is 71.8 Å². The van der Waals surface area contributed by atoms with Gasteiger partial charge in [0.1, 0.15) is 17.4 Å². The predicted octanol–water partition coefficient (Wildman–Crippen LogP) is 1.49. The number of hydrogen-bond acceptors (Lipinski definition) is 3. The number of nitriles is 1. The molecule has 1 aromatic heterocycles. The highest BCUT2D eigenvalue weighted by molar-refractivity contribution is 5.42. The van der Waals surface area contributed by atoms with Gasteiger partial charge in [0.25, 0.3) is 5.56 Å². The number of nitrogens with two attached hydrogens (primary N) is 1. The maximum atomic E-state index is 12.8. The summed E-state index contributed by atoms with van der Waals surface area (Å²) in [7, 11) is 0. The summed E-state index contributed by atoms with van der Waals surface area (Å²) < 4.78 is 14.1. The number of hydrogen-bond donors (Lipinski definition) is 1. The van der Waals surface area contributed by atoms with Gasteiger partial charge in [-0.15, -0.1) is 0 Å². The first-order valence-corrected chi connectivity index (χ1v) is 5.24. The summed E-state index contributed by atoms with van der Waals surface area (Å²) in [4.78, 5) is 11.8. The minimum absolute atomic E-state index is 0.00267. The number of halogens is 1. The van der Waals surface area contributed by atoms with Gasteiger partial charge >= 0.3 is 0 Å². The molecule has 0 aliphatic heterocycles. The second-order valence-corrected chi connectivity index (χ2v) is 3.86. The molecule has 18 heavy (non-hydrogen) atoms. The van der Waals surface area contributed by atoms with Crippen LogP contribution in [0.25, 0.3) is 0 Å². The van der Waals surface area contributed by atoms with E-state index in [2.05, 4.69) is 0 Å². The van der Waals surface area contributed by atoms with Gasteiger partial charge in [0.15, 0.2) is 0 Å². The summed E-state index contributed by atoms with van der Waals surface area (Å²) in [5, 5.41) is 8.80. The van der Waals surface area contributed by atoms with E-state index in [0.717, 1.165) is 5.56 Å². The molecule has 0 saturated heterocycles. The molecular weight excluding hydrogens is 233 g/mol. The summed E-state index contributed by atoms with van der Waals surface area (Å²) in [5.74, 6) is -0.337. The van der Waals surface area contributed by atoms with E-state index in [4.69, 9.17) is 11.0 Å². The zero-order valence-electron chi connectivity index (χ0n) is 9.43. The highest BCUT2D eigenvalue weighted by atomic mass is 19.1. The van der Waals surface area contributed by atoms with Gasteiger partial charge in [0, 0.05) is 11.9 Å². The standard InChI is InChI=1S/C13H10FN3O/c14-11-3-1-9(2-4-11)7-17-8-12(16)5-10(6-15)13(17)18/h1-5,8H,7,16H2. The van der Waals surface area contributed by atoms with E-state index in [0.29, 0.717) is 5.69 Å². The summed E-state index contributed by atoms with van der Waals surface area (Å²) in [6.07, 6.45) is 1.46. The molecule has 4 nitrogen and oxygen atoms in total. The van der Waals surface area contributed by atoms with Crippen molar-refractivity contribution in [2.45, 2.75) is 6.54 Å². The molecule has 0 atom stereocenters. The number of nitrogen functional groups attached to an aromatic ring is 1. The summed E-state index contributed by atoms with van der Waals surface area (Å²) in [6, 6.07) is 8.93. The Balaban J connectivity index is 2.41. The second kappa shape index (κ2) is 4.72. The molecule has 0 unspecified atom stereocenters. The van der Waals surface area contributed by atoms with Crippen LogP contribution in [0.1, 0.15) is 11.1 Å². The van der Waals surface area contributed by atoms with Crippen LogP contribution >= 0.6 is 0 Å². The van der Waals surface area contributed by atoms with Crippen LogP contribution in [-0.4, -0.2) is 4.57 Å². The third-order valence-corrected chi connectivity index (χ3v) is 2.49. The minimum atomic E-state index is -0.406. The van der Waals surface area contributed by atoms with Gasteiger partial charge in [-0.05, 0) is 23.8 Å². The third kappa shape index (κ3) is 2.38. The molecule has 90 valence electrons. The van der Waals surface area contributed by atoms with Crippen molar-refractivity contribution in [3.8, 4) is 6.07 Å². The fraction of sp³-hybridized carbons (Fsp3) is 0.0769. The summed E-state index contributed by atoms with van der Waals surface area (Å²) in [5.41, 5.74) is 6.30. The number of nitrogens with zero attached hydrogens (tertiary/aromatic N) is 2. The van der Waals surface area contributed by atoms with E-state index in [-0.39, 0.29) is 17.9 Å². The third-order valence-electron chi connectivity index (χ3n) is 2.49. The van der Waals surface area contributed by atoms with Crippen molar-refractivity contribution in [3.63, 3.8) is 0 Å². The molecule has 0 radical (unpaired) electrons. The molecule has 0 fully saturated rings. The normalized spacial score (nSPS) is 10.0. The van der Waals surface area contributed by atoms with E-state index < -0.39 is 5.56 Å². The smallest absolute Gasteiger partial charge is 0.268 e. The highest BCUT2D eigenvalue weighted by Gasteiger charge is 2.05. The highest BCUT2D eigenvalue weighted by Crippen LogP contribution is 2.07. The lowest BCUT2D eigenvalue weighted by Gasteiger charge is -2.07. The maximum absolute atomic E-state index is 12.8. The molecule has 0 aliphatic carbocycles. The lowest BCUT2D eigenvalue weighted by Crippen LogP contribution is -2.23. The van der Waals surface area contributed by atoms with Crippen LogP contribution in [0, 0.1) is 17.1 Å². The summed E-state index contributed by atoms with van der Waals surface area (Å²) >= 11 is 0. The van der Waals surface area contributed by atoms with Crippen molar-refractivity contribution in [2.24, 2.45) is 0 Å². The lowest BCUT2D eigenvalue weighted by molar-refractivity contribution is 0.626. The second-order valence-electron chi connectivity index (χ2n) is 3.86. The van der Waals surface area contributed by atoms with Crippen LogP contribution in [0.3, 0.4) is 0 Å². The van der Waals surface area contributed by atoms with Gasteiger partial charge < -0.3 is 10.3 Å². The molecule has 2 aromatic rings. The largest absolute Gasteiger partial charge is 0.398 e. The average molecular weight is 243 g/mol. The molecule has 1 heterocycles. The van der Waals surface area contributed by atoms with Crippen LogP contribution in [0.2, 0.25) is 0 Å². The lowest BCUT2D eigenvalue weighted by atomic mass is 10.2. The van der Waals surface area contributed by atoms with E-state index in [9.17, 15) is 9.18 Å². The first kappa shape index (κ1) is 11.9. The van der Waals surface area contributed by atoms with Gasteiger partial charge in [-0.1, -0.05) is 12.1 Å². The zero-order chi connectivity index (χ0) is 13.1. The number of pyridine rings is 1. The molecule has 2 N–H and O–H groups in total. The molecular formula is C13H10FN3O. The molecule has 0 bridgehead atoms. The van der Waals surface area contributed by atoms with Crippen molar-refractivity contribution in [1.29, 1.82) is 5.26 Å². The van der Waals surface area contributed by atoms with Crippen LogP contribution in [0.4, 0.5) is 10.1 Å². The van der Waals surface area contributed by atoms with Crippen molar-refractivity contribution >= 4 is 5.69 Å². The number of rotatable bonds is 2. The SMILES string of the molecule is N#Cc1cc(N)cn(Cc2ccc(F)cc2)c1=O. The predicted molar refractivity (Wildman–Crippen MR) is 65.3 cm³/mol. The van der Waals surface area contributed by atoms with Gasteiger partial charge in [-0.2, -0.15) is 5.26 Å². The van der Waals surface area contributed by atoms with Crippen LogP contribution in [0.5, 0.6) is 0 Å².